The normalized spacial score (nSPS) is 14.6. The number of rotatable bonds is 7. The summed E-state index contributed by atoms with van der Waals surface area (Å²) < 4.78 is 39.8. The molecular weight excluding hydrogens is 465 g/mol. The number of nitrogens with zero attached hydrogens (tertiary/aromatic N) is 5. The number of pyridine rings is 1. The zero-order valence-electron chi connectivity index (χ0n) is 19.2. The van der Waals surface area contributed by atoms with Crippen LogP contribution in [0.4, 0.5) is 10.2 Å². The Labute approximate surface area is 205 Å². The zero-order chi connectivity index (χ0) is 24.5. The Morgan fingerprint density at radius 1 is 0.914 bits per heavy atom. The van der Waals surface area contributed by atoms with Crippen LogP contribution in [-0.2, 0) is 16.4 Å². The van der Waals surface area contributed by atoms with Crippen molar-refractivity contribution in [2.75, 3.05) is 31.1 Å². The highest BCUT2D eigenvalue weighted by Gasteiger charge is 2.25. The molecule has 0 radical (unpaired) electrons. The van der Waals surface area contributed by atoms with E-state index in [1.54, 1.807) is 42.9 Å². The Balaban J connectivity index is 1.25. The highest BCUT2D eigenvalue weighted by molar-refractivity contribution is 7.92. The van der Waals surface area contributed by atoms with Gasteiger partial charge in [-0.15, -0.1) is 0 Å². The molecule has 1 aromatic carbocycles. The zero-order valence-corrected chi connectivity index (χ0v) is 20.0. The average molecular weight is 492 g/mol. The molecule has 1 fully saturated rings. The lowest BCUT2D eigenvalue weighted by molar-refractivity contribution is 0.388. The molecule has 9 heteroatoms. The number of sulfonamides is 1. The van der Waals surface area contributed by atoms with Crippen LogP contribution in [0.3, 0.4) is 0 Å². The van der Waals surface area contributed by atoms with Gasteiger partial charge >= 0.3 is 0 Å². The van der Waals surface area contributed by atoms with Crippen LogP contribution in [0, 0.1) is 17.7 Å². The maximum Gasteiger partial charge on any atom is 0.236 e. The van der Waals surface area contributed by atoms with Crippen molar-refractivity contribution in [1.29, 1.82) is 0 Å². The van der Waals surface area contributed by atoms with Gasteiger partial charge in [-0.05, 0) is 55.3 Å². The lowest BCUT2D eigenvalue weighted by Crippen LogP contribution is -2.48. The van der Waals surface area contributed by atoms with E-state index in [0.717, 1.165) is 29.2 Å². The fourth-order valence-corrected chi connectivity index (χ4v) is 4.83. The highest BCUT2D eigenvalue weighted by atomic mass is 32.2. The van der Waals surface area contributed by atoms with Gasteiger partial charge in [0.1, 0.15) is 17.5 Å². The standard InChI is InChI=1S/C26H26FN5O2S/c27-24-11-8-22(9-12-24)6-7-23-10-13-26(30-21-23)31-16-18-32(19-17-31)35(33,34)20-3-1-2-5-25-28-14-4-15-29-25/h3-4,8-15,20-21H,1-2,5,16-19H2. The van der Waals surface area contributed by atoms with Gasteiger partial charge in [-0.2, -0.15) is 4.31 Å². The van der Waals surface area contributed by atoms with Crippen LogP contribution in [-0.4, -0.2) is 53.9 Å². The number of anilines is 1. The van der Waals surface area contributed by atoms with E-state index in [1.807, 2.05) is 12.1 Å². The first-order chi connectivity index (χ1) is 17.0. The summed E-state index contributed by atoms with van der Waals surface area (Å²) in [5.41, 5.74) is 1.48. The number of hydrogen-bond acceptors (Lipinski definition) is 6. The number of aryl methyl sites for hydroxylation is 1. The van der Waals surface area contributed by atoms with Gasteiger partial charge in [-0.3, -0.25) is 0 Å². The Hall–Kier alpha value is -3.61. The van der Waals surface area contributed by atoms with Crippen LogP contribution in [0.2, 0.25) is 0 Å². The first-order valence-electron chi connectivity index (χ1n) is 11.4. The first-order valence-corrected chi connectivity index (χ1v) is 12.9. The third-order valence-corrected chi connectivity index (χ3v) is 7.15. The van der Waals surface area contributed by atoms with Crippen molar-refractivity contribution in [3.05, 3.63) is 95.3 Å². The minimum Gasteiger partial charge on any atom is -0.354 e. The molecule has 0 amide bonds. The fraction of sp³-hybridized carbons (Fsp3) is 0.269. The summed E-state index contributed by atoms with van der Waals surface area (Å²) in [6, 6.07) is 11.6. The summed E-state index contributed by atoms with van der Waals surface area (Å²) in [5, 5.41) is 1.31. The van der Waals surface area contributed by atoms with E-state index in [2.05, 4.69) is 31.7 Å². The molecule has 1 aliphatic rings. The van der Waals surface area contributed by atoms with Gasteiger partial charge in [0.25, 0.3) is 0 Å². The molecule has 0 spiro atoms. The number of allylic oxidation sites excluding steroid dienone is 1. The van der Waals surface area contributed by atoms with Crippen LogP contribution in [0.25, 0.3) is 0 Å². The number of aromatic nitrogens is 3. The lowest BCUT2D eigenvalue weighted by atomic mass is 10.2. The van der Waals surface area contributed by atoms with E-state index in [4.69, 9.17) is 0 Å². The number of hydrogen-bond donors (Lipinski definition) is 0. The molecular formula is C26H26FN5O2S. The van der Waals surface area contributed by atoms with Gasteiger partial charge in [0, 0.05) is 67.7 Å². The lowest BCUT2D eigenvalue weighted by Gasteiger charge is -2.34. The van der Waals surface area contributed by atoms with E-state index in [1.165, 1.54) is 21.8 Å². The molecule has 3 aromatic rings. The van der Waals surface area contributed by atoms with Gasteiger partial charge in [0.2, 0.25) is 10.0 Å². The van der Waals surface area contributed by atoms with Crippen LogP contribution in [0.5, 0.6) is 0 Å². The molecule has 0 saturated carbocycles. The van der Waals surface area contributed by atoms with Gasteiger partial charge in [0.15, 0.2) is 0 Å². The molecule has 3 heterocycles. The second kappa shape index (κ2) is 11.7. The van der Waals surface area contributed by atoms with E-state index in [-0.39, 0.29) is 5.82 Å². The van der Waals surface area contributed by atoms with E-state index >= 15 is 0 Å². The summed E-state index contributed by atoms with van der Waals surface area (Å²) in [6.45, 7) is 1.93. The van der Waals surface area contributed by atoms with Crippen molar-refractivity contribution in [2.45, 2.75) is 19.3 Å². The Kier molecular flexibility index (Phi) is 8.19. The number of unbranched alkanes of at least 4 members (excludes halogenated alkanes) is 1. The third-order valence-electron chi connectivity index (χ3n) is 5.52. The quantitative estimate of drug-likeness (QED) is 0.372. The molecule has 180 valence electrons. The van der Waals surface area contributed by atoms with E-state index in [0.29, 0.717) is 39.0 Å². The monoisotopic (exact) mass is 491 g/mol. The summed E-state index contributed by atoms with van der Waals surface area (Å²) in [5.74, 6) is 7.26. The van der Waals surface area contributed by atoms with E-state index < -0.39 is 10.0 Å². The van der Waals surface area contributed by atoms with Gasteiger partial charge in [-0.25, -0.2) is 27.8 Å². The molecule has 0 aliphatic carbocycles. The maximum absolute atomic E-state index is 13.0. The van der Waals surface area contributed by atoms with Crippen LogP contribution in [0.15, 0.2) is 72.5 Å². The van der Waals surface area contributed by atoms with Crippen molar-refractivity contribution in [3.8, 4) is 11.8 Å². The maximum atomic E-state index is 13.0. The van der Waals surface area contributed by atoms with Crippen molar-refractivity contribution < 1.29 is 12.8 Å². The van der Waals surface area contributed by atoms with Crippen LogP contribution < -0.4 is 4.90 Å². The smallest absolute Gasteiger partial charge is 0.236 e. The predicted octanol–water partition coefficient (Wildman–Crippen LogP) is 3.40. The number of benzene rings is 1. The SMILES string of the molecule is O=S(=O)(C=CCCCc1ncccn1)N1CCN(c2ccc(C#Cc3ccc(F)cc3)cn2)CC1. The van der Waals surface area contributed by atoms with Crippen LogP contribution in [0.1, 0.15) is 29.8 Å². The number of halogens is 1. The third kappa shape index (κ3) is 7.18. The molecule has 1 aliphatic heterocycles. The molecule has 2 aromatic heterocycles. The van der Waals surface area contributed by atoms with Crippen molar-refractivity contribution in [2.24, 2.45) is 0 Å². The summed E-state index contributed by atoms with van der Waals surface area (Å²) in [4.78, 5) is 14.9. The second-order valence-corrected chi connectivity index (χ2v) is 9.84. The minimum atomic E-state index is -3.44. The summed E-state index contributed by atoms with van der Waals surface area (Å²) in [7, 11) is -3.44. The van der Waals surface area contributed by atoms with Gasteiger partial charge in [0.05, 0.1) is 0 Å². The molecule has 0 atom stereocenters. The molecule has 4 rings (SSSR count). The van der Waals surface area contributed by atoms with Gasteiger partial charge in [-0.1, -0.05) is 17.9 Å². The Bertz CT molecular complexity index is 1290. The van der Waals surface area contributed by atoms with Gasteiger partial charge < -0.3 is 4.90 Å². The molecule has 0 unspecified atom stereocenters. The minimum absolute atomic E-state index is 0.292. The highest BCUT2D eigenvalue weighted by Crippen LogP contribution is 2.16. The molecule has 35 heavy (non-hydrogen) atoms. The van der Waals surface area contributed by atoms with Crippen molar-refractivity contribution in [1.82, 2.24) is 19.3 Å². The number of piperazine rings is 1. The predicted molar refractivity (Wildman–Crippen MR) is 133 cm³/mol. The van der Waals surface area contributed by atoms with Crippen molar-refractivity contribution >= 4 is 15.8 Å². The molecule has 0 N–H and O–H groups in total. The Morgan fingerprint density at radius 2 is 1.60 bits per heavy atom. The summed E-state index contributed by atoms with van der Waals surface area (Å²) in [6.07, 6.45) is 8.97. The van der Waals surface area contributed by atoms with Crippen LogP contribution >= 0.6 is 0 Å². The first kappa shape index (κ1) is 24.5. The largest absolute Gasteiger partial charge is 0.354 e. The average Bonchev–Trinajstić information content (AvgIpc) is 2.89. The summed E-state index contributed by atoms with van der Waals surface area (Å²) >= 11 is 0. The molecule has 1 saturated heterocycles. The van der Waals surface area contributed by atoms with E-state index in [9.17, 15) is 12.8 Å². The molecule has 7 nitrogen and oxygen atoms in total. The van der Waals surface area contributed by atoms with Crippen molar-refractivity contribution in [3.63, 3.8) is 0 Å². The molecule has 0 bridgehead atoms. The second-order valence-electron chi connectivity index (χ2n) is 8.02. The topological polar surface area (TPSA) is 79.3 Å². The fourth-order valence-electron chi connectivity index (χ4n) is 3.61. The Morgan fingerprint density at radius 3 is 2.29 bits per heavy atom.